The summed E-state index contributed by atoms with van der Waals surface area (Å²) in [6, 6.07) is 1.78. The highest BCUT2D eigenvalue weighted by atomic mass is 14.9. The Bertz CT molecular complexity index is 237. The zero-order valence-corrected chi connectivity index (χ0v) is 6.12. The second-order valence-electron chi connectivity index (χ2n) is 1.97. The van der Waals surface area contributed by atoms with Crippen molar-refractivity contribution in [2.45, 2.75) is 6.54 Å². The molecular formula is C8H9N3. The molecule has 1 aromatic rings. The first-order chi connectivity index (χ1) is 5.43. The molecule has 0 aromatic carbocycles. The van der Waals surface area contributed by atoms with E-state index in [9.17, 15) is 0 Å². The van der Waals surface area contributed by atoms with Gasteiger partial charge in [0.05, 0.1) is 13.1 Å². The lowest BCUT2D eigenvalue weighted by atomic mass is 10.5. The number of hydrogen-bond donors (Lipinski definition) is 1. The van der Waals surface area contributed by atoms with Crippen molar-refractivity contribution >= 4 is 0 Å². The van der Waals surface area contributed by atoms with E-state index in [4.69, 9.17) is 6.42 Å². The van der Waals surface area contributed by atoms with Gasteiger partial charge in [0, 0.05) is 12.4 Å². The molecule has 0 radical (unpaired) electrons. The van der Waals surface area contributed by atoms with E-state index in [1.54, 1.807) is 18.5 Å². The molecular weight excluding hydrogens is 138 g/mol. The summed E-state index contributed by atoms with van der Waals surface area (Å²) in [4.78, 5) is 8.02. The molecule has 1 rings (SSSR count). The predicted molar refractivity (Wildman–Crippen MR) is 42.6 cm³/mol. The molecule has 3 heteroatoms. The maximum atomic E-state index is 5.04. The average Bonchev–Trinajstić information content (AvgIpc) is 2.07. The highest BCUT2D eigenvalue weighted by molar-refractivity contribution is 4.91. The van der Waals surface area contributed by atoms with E-state index >= 15 is 0 Å². The maximum absolute atomic E-state index is 5.04. The second-order valence-corrected chi connectivity index (χ2v) is 1.97. The molecule has 0 aliphatic carbocycles. The van der Waals surface area contributed by atoms with Crippen LogP contribution < -0.4 is 5.32 Å². The van der Waals surface area contributed by atoms with Crippen molar-refractivity contribution < 1.29 is 0 Å². The van der Waals surface area contributed by atoms with Crippen LogP contribution in [0.5, 0.6) is 0 Å². The topological polar surface area (TPSA) is 37.8 Å². The number of aromatic nitrogens is 2. The highest BCUT2D eigenvalue weighted by Gasteiger charge is 1.90. The zero-order valence-electron chi connectivity index (χ0n) is 6.12. The molecule has 1 heterocycles. The van der Waals surface area contributed by atoms with Crippen LogP contribution in [0.1, 0.15) is 5.82 Å². The van der Waals surface area contributed by atoms with Crippen LogP contribution in [-0.2, 0) is 6.54 Å². The van der Waals surface area contributed by atoms with E-state index in [0.29, 0.717) is 13.1 Å². The van der Waals surface area contributed by atoms with Gasteiger partial charge in [-0.05, 0) is 6.07 Å². The standard InChI is InChI=1S/C8H9N3/c1-2-4-9-7-8-10-5-3-6-11-8/h1,3,5-6,9H,4,7H2. The third kappa shape index (κ3) is 2.78. The quantitative estimate of drug-likeness (QED) is 0.490. The van der Waals surface area contributed by atoms with Gasteiger partial charge >= 0.3 is 0 Å². The van der Waals surface area contributed by atoms with Crippen LogP contribution in [-0.4, -0.2) is 16.5 Å². The van der Waals surface area contributed by atoms with Crippen LogP contribution in [0.2, 0.25) is 0 Å². The van der Waals surface area contributed by atoms with Crippen LogP contribution >= 0.6 is 0 Å². The van der Waals surface area contributed by atoms with Crippen LogP contribution in [0.25, 0.3) is 0 Å². The lowest BCUT2D eigenvalue weighted by Gasteiger charge is -1.96. The Kier molecular flexibility index (Phi) is 3.10. The van der Waals surface area contributed by atoms with Crippen molar-refractivity contribution in [2.24, 2.45) is 0 Å². The number of terminal acetylenes is 1. The van der Waals surface area contributed by atoms with Gasteiger partial charge in [-0.15, -0.1) is 6.42 Å². The van der Waals surface area contributed by atoms with Gasteiger partial charge in [-0.1, -0.05) is 5.92 Å². The molecule has 0 bridgehead atoms. The Morgan fingerprint density at radius 1 is 1.45 bits per heavy atom. The van der Waals surface area contributed by atoms with Gasteiger partial charge in [0.25, 0.3) is 0 Å². The lowest BCUT2D eigenvalue weighted by Crippen LogP contribution is -2.14. The summed E-state index contributed by atoms with van der Waals surface area (Å²) >= 11 is 0. The molecule has 0 aliphatic rings. The van der Waals surface area contributed by atoms with E-state index < -0.39 is 0 Å². The van der Waals surface area contributed by atoms with Crippen molar-refractivity contribution in [3.63, 3.8) is 0 Å². The summed E-state index contributed by atoms with van der Waals surface area (Å²) in [5, 5.41) is 2.99. The first-order valence-corrected chi connectivity index (χ1v) is 3.33. The third-order valence-electron chi connectivity index (χ3n) is 1.13. The number of nitrogens with one attached hydrogen (secondary N) is 1. The summed E-state index contributed by atoms with van der Waals surface area (Å²) < 4.78 is 0. The number of hydrogen-bond acceptors (Lipinski definition) is 3. The summed E-state index contributed by atoms with van der Waals surface area (Å²) in [5.74, 6) is 3.24. The fourth-order valence-electron chi connectivity index (χ4n) is 0.668. The molecule has 1 N–H and O–H groups in total. The number of nitrogens with zero attached hydrogens (tertiary/aromatic N) is 2. The summed E-state index contributed by atoms with van der Waals surface area (Å²) in [6.07, 6.45) is 8.46. The first kappa shape index (κ1) is 7.70. The summed E-state index contributed by atoms with van der Waals surface area (Å²) in [7, 11) is 0. The van der Waals surface area contributed by atoms with Gasteiger partial charge in [0.15, 0.2) is 0 Å². The van der Waals surface area contributed by atoms with Gasteiger partial charge in [-0.25, -0.2) is 9.97 Å². The molecule has 0 amide bonds. The van der Waals surface area contributed by atoms with Gasteiger partial charge in [-0.3, -0.25) is 5.32 Å². The van der Waals surface area contributed by atoms with Crippen molar-refractivity contribution in [1.82, 2.24) is 15.3 Å². The Morgan fingerprint density at radius 2 is 2.18 bits per heavy atom. The highest BCUT2D eigenvalue weighted by Crippen LogP contribution is 1.84. The fraction of sp³-hybridized carbons (Fsp3) is 0.250. The predicted octanol–water partition coefficient (Wildman–Crippen LogP) is 0.199. The third-order valence-corrected chi connectivity index (χ3v) is 1.13. The SMILES string of the molecule is C#CCNCc1ncccn1. The summed E-state index contributed by atoms with van der Waals surface area (Å²) in [6.45, 7) is 1.18. The molecule has 0 saturated carbocycles. The van der Waals surface area contributed by atoms with Gasteiger partial charge in [0.1, 0.15) is 5.82 Å². The van der Waals surface area contributed by atoms with E-state index in [1.165, 1.54) is 0 Å². The first-order valence-electron chi connectivity index (χ1n) is 3.33. The Morgan fingerprint density at radius 3 is 2.82 bits per heavy atom. The van der Waals surface area contributed by atoms with Crippen LogP contribution in [0.3, 0.4) is 0 Å². The molecule has 0 aliphatic heterocycles. The van der Waals surface area contributed by atoms with Gasteiger partial charge in [0.2, 0.25) is 0 Å². The Balaban J connectivity index is 2.35. The number of rotatable bonds is 3. The monoisotopic (exact) mass is 147 g/mol. The molecule has 11 heavy (non-hydrogen) atoms. The molecule has 3 nitrogen and oxygen atoms in total. The average molecular weight is 147 g/mol. The minimum atomic E-state index is 0.554. The normalized spacial score (nSPS) is 9.00. The van der Waals surface area contributed by atoms with Crippen LogP contribution in [0.4, 0.5) is 0 Å². The minimum absolute atomic E-state index is 0.554. The maximum Gasteiger partial charge on any atom is 0.141 e. The molecule has 56 valence electrons. The summed E-state index contributed by atoms with van der Waals surface area (Å²) in [5.41, 5.74) is 0. The van der Waals surface area contributed by atoms with Crippen molar-refractivity contribution in [2.75, 3.05) is 6.54 Å². The van der Waals surface area contributed by atoms with Crippen LogP contribution in [0.15, 0.2) is 18.5 Å². The largest absolute Gasteiger partial charge is 0.299 e. The fourth-order valence-corrected chi connectivity index (χ4v) is 0.668. The molecule has 0 fully saturated rings. The zero-order chi connectivity index (χ0) is 7.94. The molecule has 0 unspecified atom stereocenters. The van der Waals surface area contributed by atoms with E-state index in [-0.39, 0.29) is 0 Å². The van der Waals surface area contributed by atoms with Crippen molar-refractivity contribution in [3.8, 4) is 12.3 Å². The molecule has 0 atom stereocenters. The van der Waals surface area contributed by atoms with E-state index in [1.807, 2.05) is 0 Å². The lowest BCUT2D eigenvalue weighted by molar-refractivity contribution is 0.723. The molecule has 1 aromatic heterocycles. The van der Waals surface area contributed by atoms with Crippen molar-refractivity contribution in [3.05, 3.63) is 24.3 Å². The smallest absolute Gasteiger partial charge is 0.141 e. The van der Waals surface area contributed by atoms with E-state index in [2.05, 4.69) is 21.2 Å². The van der Waals surface area contributed by atoms with E-state index in [0.717, 1.165) is 5.82 Å². The van der Waals surface area contributed by atoms with Crippen molar-refractivity contribution in [1.29, 1.82) is 0 Å². The van der Waals surface area contributed by atoms with Gasteiger partial charge < -0.3 is 0 Å². The van der Waals surface area contributed by atoms with Crippen LogP contribution in [0, 0.1) is 12.3 Å². The molecule has 0 saturated heterocycles. The Hall–Kier alpha value is -1.40. The Labute approximate surface area is 65.9 Å². The molecule has 0 spiro atoms. The minimum Gasteiger partial charge on any atom is -0.299 e. The van der Waals surface area contributed by atoms with Gasteiger partial charge in [-0.2, -0.15) is 0 Å². The second kappa shape index (κ2) is 4.42.